The van der Waals surface area contributed by atoms with Crippen molar-refractivity contribution in [3.05, 3.63) is 77.9 Å². The smallest absolute Gasteiger partial charge is 0.252 e. The van der Waals surface area contributed by atoms with Gasteiger partial charge in [-0.3, -0.25) is 4.79 Å². The summed E-state index contributed by atoms with van der Waals surface area (Å²) < 4.78 is 5.30. The van der Waals surface area contributed by atoms with Gasteiger partial charge in [0, 0.05) is 18.0 Å². The zero-order chi connectivity index (χ0) is 20.5. The van der Waals surface area contributed by atoms with E-state index in [0.29, 0.717) is 24.0 Å². The fourth-order valence-electron chi connectivity index (χ4n) is 3.65. The number of aromatic nitrogens is 1. The van der Waals surface area contributed by atoms with Gasteiger partial charge in [0.25, 0.3) is 5.91 Å². The van der Waals surface area contributed by atoms with Gasteiger partial charge in [-0.05, 0) is 59.5 Å². The normalized spacial score (nSPS) is 13.4. The van der Waals surface area contributed by atoms with Gasteiger partial charge >= 0.3 is 0 Å². The first-order valence-electron chi connectivity index (χ1n) is 10.2. The molecule has 1 heterocycles. The number of para-hydroxylation sites is 1. The summed E-state index contributed by atoms with van der Waals surface area (Å²) in [5.41, 5.74) is 2.63. The molecule has 0 bridgehead atoms. The highest BCUT2D eigenvalue weighted by Crippen LogP contribution is 2.25. The maximum Gasteiger partial charge on any atom is 0.252 e. The van der Waals surface area contributed by atoms with Crippen LogP contribution in [0.3, 0.4) is 0 Å². The largest absolute Gasteiger partial charge is 0.497 e. The SMILES string of the molecule is COc1ccc2cc(CNc3cc(C(=O)NC4CC4)c4ccccc4n3)ccc2c1. The minimum atomic E-state index is -0.0289. The molecule has 0 radical (unpaired) electrons. The van der Waals surface area contributed by atoms with Crippen LogP contribution in [0.2, 0.25) is 0 Å². The average Bonchev–Trinajstić information content (AvgIpc) is 3.60. The molecule has 1 aliphatic rings. The summed E-state index contributed by atoms with van der Waals surface area (Å²) in [6.07, 6.45) is 2.13. The summed E-state index contributed by atoms with van der Waals surface area (Å²) in [6, 6.07) is 22.3. The van der Waals surface area contributed by atoms with Gasteiger partial charge in [-0.15, -0.1) is 0 Å². The molecule has 1 aromatic heterocycles. The number of fused-ring (bicyclic) bond motifs is 2. The van der Waals surface area contributed by atoms with E-state index < -0.39 is 0 Å². The molecular weight excluding hydrogens is 374 g/mol. The van der Waals surface area contributed by atoms with Crippen molar-refractivity contribution >= 4 is 33.4 Å². The van der Waals surface area contributed by atoms with E-state index in [1.807, 2.05) is 42.5 Å². The van der Waals surface area contributed by atoms with Crippen LogP contribution in [-0.2, 0) is 6.54 Å². The average molecular weight is 397 g/mol. The molecule has 30 heavy (non-hydrogen) atoms. The van der Waals surface area contributed by atoms with Crippen molar-refractivity contribution in [2.75, 3.05) is 12.4 Å². The summed E-state index contributed by atoms with van der Waals surface area (Å²) in [7, 11) is 1.68. The first-order valence-corrected chi connectivity index (χ1v) is 10.2. The van der Waals surface area contributed by atoms with E-state index in [4.69, 9.17) is 9.72 Å². The fraction of sp³-hybridized carbons (Fsp3) is 0.200. The van der Waals surface area contributed by atoms with Crippen LogP contribution in [0.5, 0.6) is 5.75 Å². The Kier molecular flexibility index (Phi) is 4.71. The van der Waals surface area contributed by atoms with E-state index in [1.54, 1.807) is 7.11 Å². The van der Waals surface area contributed by atoms with Gasteiger partial charge < -0.3 is 15.4 Å². The van der Waals surface area contributed by atoms with Crippen molar-refractivity contribution in [3.63, 3.8) is 0 Å². The third kappa shape index (κ3) is 3.79. The van der Waals surface area contributed by atoms with Crippen molar-refractivity contribution in [2.24, 2.45) is 0 Å². The number of rotatable bonds is 6. The number of carbonyl (C=O) groups excluding carboxylic acids is 1. The molecule has 0 saturated heterocycles. The third-order valence-electron chi connectivity index (χ3n) is 5.46. The second-order valence-electron chi connectivity index (χ2n) is 7.72. The van der Waals surface area contributed by atoms with Crippen LogP contribution < -0.4 is 15.4 Å². The van der Waals surface area contributed by atoms with E-state index >= 15 is 0 Å². The molecule has 4 aromatic rings. The predicted octanol–water partition coefficient (Wildman–Crippen LogP) is 4.90. The van der Waals surface area contributed by atoms with Gasteiger partial charge in [0.15, 0.2) is 0 Å². The van der Waals surface area contributed by atoms with Crippen molar-refractivity contribution in [1.29, 1.82) is 0 Å². The second kappa shape index (κ2) is 7.67. The third-order valence-corrected chi connectivity index (χ3v) is 5.46. The standard InChI is InChI=1S/C25H23N3O2/c1-30-20-11-8-17-12-16(6-7-18(17)13-20)15-26-24-14-22(25(29)27-19-9-10-19)21-4-2-3-5-23(21)28-24/h2-8,11-14,19H,9-10,15H2,1H3,(H,26,28)(H,27,29). The molecule has 2 N–H and O–H groups in total. The van der Waals surface area contributed by atoms with Gasteiger partial charge in [0.1, 0.15) is 11.6 Å². The molecule has 0 unspecified atom stereocenters. The molecule has 1 aliphatic carbocycles. The van der Waals surface area contributed by atoms with Crippen LogP contribution in [0.1, 0.15) is 28.8 Å². The first-order chi connectivity index (χ1) is 14.7. The highest BCUT2D eigenvalue weighted by molar-refractivity contribution is 6.07. The minimum absolute atomic E-state index is 0.0289. The number of hydrogen-bond acceptors (Lipinski definition) is 4. The molecule has 5 nitrogen and oxygen atoms in total. The van der Waals surface area contributed by atoms with Gasteiger partial charge in [-0.25, -0.2) is 4.98 Å². The molecule has 5 heteroatoms. The van der Waals surface area contributed by atoms with Crippen LogP contribution >= 0.6 is 0 Å². The lowest BCUT2D eigenvalue weighted by Crippen LogP contribution is -2.25. The molecule has 0 spiro atoms. The van der Waals surface area contributed by atoms with E-state index in [2.05, 4.69) is 34.9 Å². The van der Waals surface area contributed by atoms with E-state index in [1.165, 1.54) is 0 Å². The zero-order valence-electron chi connectivity index (χ0n) is 16.8. The summed E-state index contributed by atoms with van der Waals surface area (Å²) >= 11 is 0. The molecule has 0 aliphatic heterocycles. The van der Waals surface area contributed by atoms with Crippen LogP contribution in [0, 0.1) is 0 Å². The minimum Gasteiger partial charge on any atom is -0.497 e. The van der Waals surface area contributed by atoms with Crippen LogP contribution in [0.25, 0.3) is 21.7 Å². The van der Waals surface area contributed by atoms with E-state index in [9.17, 15) is 4.79 Å². The summed E-state index contributed by atoms with van der Waals surface area (Å²) in [5, 5.41) is 9.65. The van der Waals surface area contributed by atoms with Crippen molar-refractivity contribution in [1.82, 2.24) is 10.3 Å². The number of nitrogens with one attached hydrogen (secondary N) is 2. The van der Waals surface area contributed by atoms with Crippen molar-refractivity contribution < 1.29 is 9.53 Å². The number of hydrogen-bond donors (Lipinski definition) is 2. The first kappa shape index (κ1) is 18.4. The Morgan fingerprint density at radius 1 is 1.03 bits per heavy atom. The molecule has 150 valence electrons. The number of benzene rings is 3. The van der Waals surface area contributed by atoms with Crippen LogP contribution in [0.4, 0.5) is 5.82 Å². The number of pyridine rings is 1. The Labute approximate surface area is 175 Å². The van der Waals surface area contributed by atoms with E-state index in [-0.39, 0.29) is 5.91 Å². The van der Waals surface area contributed by atoms with Crippen LogP contribution in [-0.4, -0.2) is 24.0 Å². The Balaban J connectivity index is 1.41. The van der Waals surface area contributed by atoms with Gasteiger partial charge in [0.2, 0.25) is 0 Å². The topological polar surface area (TPSA) is 63.2 Å². The lowest BCUT2D eigenvalue weighted by atomic mass is 10.1. The molecule has 1 amide bonds. The molecule has 0 atom stereocenters. The Bertz CT molecular complexity index is 1250. The highest BCUT2D eigenvalue weighted by Gasteiger charge is 2.25. The Morgan fingerprint density at radius 2 is 1.83 bits per heavy atom. The Morgan fingerprint density at radius 3 is 2.67 bits per heavy atom. The monoisotopic (exact) mass is 397 g/mol. The second-order valence-corrected chi connectivity index (χ2v) is 7.72. The highest BCUT2D eigenvalue weighted by atomic mass is 16.5. The quantitative estimate of drug-likeness (QED) is 0.486. The van der Waals surface area contributed by atoms with Gasteiger partial charge in [-0.1, -0.05) is 36.4 Å². The van der Waals surface area contributed by atoms with E-state index in [0.717, 1.165) is 45.8 Å². The fourth-order valence-corrected chi connectivity index (χ4v) is 3.65. The Hall–Kier alpha value is -3.60. The van der Waals surface area contributed by atoms with Crippen molar-refractivity contribution in [2.45, 2.75) is 25.4 Å². The zero-order valence-corrected chi connectivity index (χ0v) is 16.8. The molecule has 1 fully saturated rings. The summed E-state index contributed by atoms with van der Waals surface area (Å²) in [6.45, 7) is 0.622. The van der Waals surface area contributed by atoms with Crippen molar-refractivity contribution in [3.8, 4) is 5.75 Å². The van der Waals surface area contributed by atoms with Gasteiger partial charge in [-0.2, -0.15) is 0 Å². The predicted molar refractivity (Wildman–Crippen MR) is 120 cm³/mol. The number of nitrogens with zero attached hydrogens (tertiary/aromatic N) is 1. The molecule has 5 rings (SSSR count). The molecule has 3 aromatic carbocycles. The number of carbonyl (C=O) groups is 1. The number of anilines is 1. The number of ether oxygens (including phenoxy) is 1. The number of amides is 1. The summed E-state index contributed by atoms with van der Waals surface area (Å²) in [4.78, 5) is 17.5. The molecule has 1 saturated carbocycles. The number of methoxy groups -OCH3 is 1. The summed E-state index contributed by atoms with van der Waals surface area (Å²) in [5.74, 6) is 1.52. The maximum absolute atomic E-state index is 12.8. The van der Waals surface area contributed by atoms with Gasteiger partial charge in [0.05, 0.1) is 18.2 Å². The molecular formula is C25H23N3O2. The maximum atomic E-state index is 12.8. The lowest BCUT2D eigenvalue weighted by molar-refractivity contribution is 0.0952. The van der Waals surface area contributed by atoms with Crippen LogP contribution in [0.15, 0.2) is 66.7 Å². The lowest BCUT2D eigenvalue weighted by Gasteiger charge is -2.12.